The fourth-order valence-electron chi connectivity index (χ4n) is 1.59. The lowest BCUT2D eigenvalue weighted by Gasteiger charge is -2.12. The summed E-state index contributed by atoms with van der Waals surface area (Å²) >= 11 is 0. The molecule has 0 spiro atoms. The second-order valence-electron chi connectivity index (χ2n) is 4.18. The van der Waals surface area contributed by atoms with Crippen molar-refractivity contribution >= 4 is 12.0 Å². The van der Waals surface area contributed by atoms with Crippen LogP contribution in [0.25, 0.3) is 6.08 Å². The van der Waals surface area contributed by atoms with Crippen LogP contribution in [0, 0.1) is 0 Å². The summed E-state index contributed by atoms with van der Waals surface area (Å²) in [5, 5.41) is 2.84. The van der Waals surface area contributed by atoms with Gasteiger partial charge < -0.3 is 15.8 Å². The van der Waals surface area contributed by atoms with E-state index in [0.717, 1.165) is 17.7 Å². The number of hydrogen-bond acceptors (Lipinski definition) is 3. The van der Waals surface area contributed by atoms with Crippen molar-refractivity contribution in [2.45, 2.75) is 26.3 Å². The third kappa shape index (κ3) is 5.57. The zero-order valence-corrected chi connectivity index (χ0v) is 11.6. The van der Waals surface area contributed by atoms with Gasteiger partial charge in [0.1, 0.15) is 5.75 Å². The SMILES string of the molecule is CCOc1ccc(/C=C/C(=O)NC(CC)CN)cc1. The van der Waals surface area contributed by atoms with Crippen LogP contribution in [-0.2, 0) is 4.79 Å². The molecule has 3 N–H and O–H groups in total. The molecule has 0 aliphatic carbocycles. The van der Waals surface area contributed by atoms with E-state index in [4.69, 9.17) is 10.5 Å². The normalized spacial score (nSPS) is 12.4. The molecule has 1 aromatic rings. The van der Waals surface area contributed by atoms with Gasteiger partial charge in [0, 0.05) is 18.7 Å². The van der Waals surface area contributed by atoms with E-state index in [9.17, 15) is 4.79 Å². The molecule has 0 saturated carbocycles. The molecule has 4 nitrogen and oxygen atoms in total. The Labute approximate surface area is 114 Å². The average Bonchev–Trinajstić information content (AvgIpc) is 2.44. The summed E-state index contributed by atoms with van der Waals surface area (Å²) in [6.07, 6.45) is 4.13. The number of carbonyl (C=O) groups excluding carboxylic acids is 1. The first kappa shape index (κ1) is 15.2. The second kappa shape index (κ2) is 8.32. The maximum atomic E-state index is 11.6. The van der Waals surface area contributed by atoms with Crippen LogP contribution in [0.1, 0.15) is 25.8 Å². The van der Waals surface area contributed by atoms with Crippen LogP contribution in [0.2, 0.25) is 0 Å². The van der Waals surface area contributed by atoms with Crippen LogP contribution in [0.5, 0.6) is 5.75 Å². The van der Waals surface area contributed by atoms with Gasteiger partial charge in [0.15, 0.2) is 0 Å². The van der Waals surface area contributed by atoms with Gasteiger partial charge in [-0.1, -0.05) is 19.1 Å². The average molecular weight is 262 g/mol. The molecule has 19 heavy (non-hydrogen) atoms. The molecular formula is C15H22N2O2. The standard InChI is InChI=1S/C15H22N2O2/c1-3-13(11-16)17-15(18)10-7-12-5-8-14(9-6-12)19-4-2/h5-10,13H,3-4,11,16H2,1-2H3,(H,17,18)/b10-7+. The van der Waals surface area contributed by atoms with E-state index in [0.29, 0.717) is 13.2 Å². The van der Waals surface area contributed by atoms with Gasteiger partial charge in [-0.15, -0.1) is 0 Å². The van der Waals surface area contributed by atoms with E-state index in [1.807, 2.05) is 38.1 Å². The van der Waals surface area contributed by atoms with Gasteiger partial charge in [-0.3, -0.25) is 4.79 Å². The molecule has 0 heterocycles. The van der Waals surface area contributed by atoms with Gasteiger partial charge in [-0.25, -0.2) is 0 Å². The number of ether oxygens (including phenoxy) is 1. The minimum atomic E-state index is -0.119. The minimum Gasteiger partial charge on any atom is -0.494 e. The summed E-state index contributed by atoms with van der Waals surface area (Å²) in [6, 6.07) is 7.63. The van der Waals surface area contributed by atoms with Crippen LogP contribution < -0.4 is 15.8 Å². The smallest absolute Gasteiger partial charge is 0.244 e. The number of benzene rings is 1. The summed E-state index contributed by atoms with van der Waals surface area (Å²) in [5.41, 5.74) is 6.49. The number of rotatable bonds is 7. The van der Waals surface area contributed by atoms with Crippen molar-refractivity contribution in [2.75, 3.05) is 13.2 Å². The topological polar surface area (TPSA) is 64.3 Å². The third-order valence-corrected chi connectivity index (χ3v) is 2.74. The lowest BCUT2D eigenvalue weighted by Crippen LogP contribution is -2.38. The molecule has 0 aromatic heterocycles. The van der Waals surface area contributed by atoms with E-state index in [1.165, 1.54) is 6.08 Å². The molecule has 1 amide bonds. The zero-order valence-electron chi connectivity index (χ0n) is 11.6. The van der Waals surface area contributed by atoms with Crippen molar-refractivity contribution in [1.82, 2.24) is 5.32 Å². The lowest BCUT2D eigenvalue weighted by atomic mass is 10.2. The zero-order chi connectivity index (χ0) is 14.1. The minimum absolute atomic E-state index is 0.0393. The first-order chi connectivity index (χ1) is 9.19. The molecule has 0 saturated heterocycles. The van der Waals surface area contributed by atoms with Crippen LogP contribution in [0.15, 0.2) is 30.3 Å². The predicted molar refractivity (Wildman–Crippen MR) is 77.9 cm³/mol. The number of amides is 1. The van der Waals surface area contributed by atoms with Crippen LogP contribution >= 0.6 is 0 Å². The largest absolute Gasteiger partial charge is 0.494 e. The maximum absolute atomic E-state index is 11.6. The molecule has 4 heteroatoms. The first-order valence-electron chi connectivity index (χ1n) is 6.61. The Morgan fingerprint density at radius 1 is 1.37 bits per heavy atom. The van der Waals surface area contributed by atoms with Crippen molar-refractivity contribution < 1.29 is 9.53 Å². The summed E-state index contributed by atoms with van der Waals surface area (Å²) in [6.45, 7) is 5.04. The first-order valence-corrected chi connectivity index (χ1v) is 6.61. The van der Waals surface area contributed by atoms with Crippen molar-refractivity contribution in [1.29, 1.82) is 0 Å². The van der Waals surface area contributed by atoms with Gasteiger partial charge in [0.2, 0.25) is 5.91 Å². The van der Waals surface area contributed by atoms with Crippen molar-refractivity contribution in [2.24, 2.45) is 5.73 Å². The molecule has 1 rings (SSSR count). The molecule has 0 fully saturated rings. The predicted octanol–water partition coefficient (Wildman–Crippen LogP) is 1.95. The van der Waals surface area contributed by atoms with Crippen molar-refractivity contribution in [3.8, 4) is 5.75 Å². The van der Waals surface area contributed by atoms with Crippen LogP contribution in [-0.4, -0.2) is 25.1 Å². The molecule has 104 valence electrons. The van der Waals surface area contributed by atoms with Crippen molar-refractivity contribution in [3.63, 3.8) is 0 Å². The summed E-state index contributed by atoms with van der Waals surface area (Å²) in [5.74, 6) is 0.712. The van der Waals surface area contributed by atoms with Crippen LogP contribution in [0.3, 0.4) is 0 Å². The number of nitrogens with two attached hydrogens (primary N) is 1. The summed E-state index contributed by atoms with van der Waals surface area (Å²) in [7, 11) is 0. The fraction of sp³-hybridized carbons (Fsp3) is 0.400. The molecule has 1 unspecified atom stereocenters. The molecular weight excluding hydrogens is 240 g/mol. The highest BCUT2D eigenvalue weighted by Gasteiger charge is 2.04. The van der Waals surface area contributed by atoms with E-state index in [1.54, 1.807) is 6.08 Å². The highest BCUT2D eigenvalue weighted by atomic mass is 16.5. The lowest BCUT2D eigenvalue weighted by molar-refractivity contribution is -0.117. The second-order valence-corrected chi connectivity index (χ2v) is 4.18. The Hall–Kier alpha value is -1.81. The summed E-state index contributed by atoms with van der Waals surface area (Å²) in [4.78, 5) is 11.6. The monoisotopic (exact) mass is 262 g/mol. The Morgan fingerprint density at radius 3 is 2.58 bits per heavy atom. The molecule has 0 radical (unpaired) electrons. The van der Waals surface area contributed by atoms with Crippen molar-refractivity contribution in [3.05, 3.63) is 35.9 Å². The van der Waals surface area contributed by atoms with E-state index < -0.39 is 0 Å². The molecule has 0 aliphatic heterocycles. The molecule has 1 atom stereocenters. The van der Waals surface area contributed by atoms with Gasteiger partial charge in [-0.05, 0) is 37.1 Å². The van der Waals surface area contributed by atoms with E-state index >= 15 is 0 Å². The number of nitrogens with one attached hydrogen (secondary N) is 1. The molecule has 1 aromatic carbocycles. The number of carbonyl (C=O) groups is 1. The number of hydrogen-bond donors (Lipinski definition) is 2. The Bertz CT molecular complexity index is 409. The summed E-state index contributed by atoms with van der Waals surface area (Å²) < 4.78 is 5.35. The Morgan fingerprint density at radius 2 is 2.05 bits per heavy atom. The Kier molecular flexibility index (Phi) is 6.68. The van der Waals surface area contributed by atoms with E-state index in [2.05, 4.69) is 5.32 Å². The van der Waals surface area contributed by atoms with Gasteiger partial charge in [0.25, 0.3) is 0 Å². The van der Waals surface area contributed by atoms with Gasteiger partial charge in [-0.2, -0.15) is 0 Å². The van der Waals surface area contributed by atoms with E-state index in [-0.39, 0.29) is 11.9 Å². The highest BCUT2D eigenvalue weighted by Crippen LogP contribution is 2.12. The molecule has 0 bridgehead atoms. The Balaban J connectivity index is 2.53. The van der Waals surface area contributed by atoms with Gasteiger partial charge >= 0.3 is 0 Å². The fourth-order valence-corrected chi connectivity index (χ4v) is 1.59. The molecule has 0 aliphatic rings. The van der Waals surface area contributed by atoms with Gasteiger partial charge in [0.05, 0.1) is 6.61 Å². The third-order valence-electron chi connectivity index (χ3n) is 2.74. The van der Waals surface area contributed by atoms with Crippen LogP contribution in [0.4, 0.5) is 0 Å². The highest BCUT2D eigenvalue weighted by molar-refractivity contribution is 5.91. The quantitative estimate of drug-likeness (QED) is 0.738. The maximum Gasteiger partial charge on any atom is 0.244 e.